The third kappa shape index (κ3) is 21.5. The third-order valence-electron chi connectivity index (χ3n) is 5.49. The molecule has 1 aliphatic carbocycles. The molecule has 1 atom stereocenters. The van der Waals surface area contributed by atoms with Gasteiger partial charge in [-0.05, 0) is 58.6 Å². The fourth-order valence-corrected chi connectivity index (χ4v) is 1.95. The van der Waals surface area contributed by atoms with E-state index in [4.69, 9.17) is 14.6 Å². The molecule has 0 heterocycles. The highest BCUT2D eigenvalue weighted by atomic mass is 16.6. The van der Waals surface area contributed by atoms with E-state index in [0.717, 1.165) is 31.4 Å². The summed E-state index contributed by atoms with van der Waals surface area (Å²) in [6.45, 7) is 12.0. The molecule has 1 saturated carbocycles. The highest BCUT2D eigenvalue weighted by Crippen LogP contribution is 2.44. The average molecular weight is 549 g/mol. The maximum Gasteiger partial charge on any atom is 0.311 e. The summed E-state index contributed by atoms with van der Waals surface area (Å²) in [6, 6.07) is 9.48. The largest absolute Gasteiger partial charge is 0.490 e. The van der Waals surface area contributed by atoms with Crippen molar-refractivity contribution in [3.63, 3.8) is 0 Å². The van der Waals surface area contributed by atoms with Crippen molar-refractivity contribution in [1.29, 1.82) is 0 Å². The molecule has 7 heteroatoms. The number of carboxylic acid groups (broad SMARTS) is 1. The second-order valence-corrected chi connectivity index (χ2v) is 8.73. The lowest BCUT2D eigenvalue weighted by molar-refractivity contribution is -0.151. The fraction of sp³-hybridized carbons (Fsp3) is 0.710. The lowest BCUT2D eigenvalue weighted by atomic mass is 9.91. The molecule has 1 unspecified atom stereocenters. The van der Waals surface area contributed by atoms with E-state index in [1.807, 2.05) is 65.0 Å². The van der Waals surface area contributed by atoms with E-state index in [0.29, 0.717) is 13.2 Å². The molecule has 0 aromatic heterocycles. The van der Waals surface area contributed by atoms with Gasteiger partial charge in [-0.2, -0.15) is 0 Å². The fourth-order valence-electron chi connectivity index (χ4n) is 1.95. The van der Waals surface area contributed by atoms with Gasteiger partial charge in [0.05, 0.1) is 23.9 Å². The summed E-state index contributed by atoms with van der Waals surface area (Å²) in [7, 11) is 1.42. The first-order valence-corrected chi connectivity index (χ1v) is 11.1. The van der Waals surface area contributed by atoms with Crippen molar-refractivity contribution in [3.05, 3.63) is 30.3 Å². The van der Waals surface area contributed by atoms with Crippen LogP contribution in [0.3, 0.4) is 0 Å². The summed E-state index contributed by atoms with van der Waals surface area (Å²) >= 11 is 0. The van der Waals surface area contributed by atoms with Gasteiger partial charge in [-0.1, -0.05) is 83.5 Å². The van der Waals surface area contributed by atoms with Crippen LogP contribution < -0.4 is 4.74 Å². The number of hydrogen-bond donors (Lipinski definition) is 1. The van der Waals surface area contributed by atoms with Gasteiger partial charge in [0.15, 0.2) is 0 Å². The number of esters is 2. The number of hydrogen-bond acceptors (Lipinski definition) is 6. The Morgan fingerprint density at radius 2 is 1.42 bits per heavy atom. The number of para-hydroxylation sites is 1. The second kappa shape index (κ2) is 26.1. The first kappa shape index (κ1) is 52.0. The van der Waals surface area contributed by atoms with Crippen LogP contribution in [0, 0.1) is 16.7 Å². The average Bonchev–Trinajstić information content (AvgIpc) is 3.55. The van der Waals surface area contributed by atoms with Crippen molar-refractivity contribution >= 4 is 17.9 Å². The van der Waals surface area contributed by atoms with Crippen molar-refractivity contribution in [2.45, 2.75) is 112 Å². The molecular formula is C31H64O7. The lowest BCUT2D eigenvalue weighted by Gasteiger charge is -2.17. The lowest BCUT2D eigenvalue weighted by Crippen LogP contribution is -2.24. The van der Waals surface area contributed by atoms with Crippen LogP contribution in [0.5, 0.6) is 5.75 Å². The topological polar surface area (TPSA) is 99.1 Å². The predicted molar refractivity (Wildman–Crippen MR) is 164 cm³/mol. The van der Waals surface area contributed by atoms with Gasteiger partial charge in [-0.25, -0.2) is 0 Å². The summed E-state index contributed by atoms with van der Waals surface area (Å²) in [5.41, 5.74) is -0.644. The van der Waals surface area contributed by atoms with Gasteiger partial charge in [0.2, 0.25) is 0 Å². The number of carboxylic acids is 1. The summed E-state index contributed by atoms with van der Waals surface area (Å²) in [4.78, 5) is 32.2. The Labute approximate surface area is 236 Å². The first-order valence-electron chi connectivity index (χ1n) is 11.1. The van der Waals surface area contributed by atoms with Crippen molar-refractivity contribution in [1.82, 2.24) is 0 Å². The molecule has 0 bridgehead atoms. The Kier molecular flexibility index (Phi) is 35.6. The minimum Gasteiger partial charge on any atom is -0.490 e. The summed E-state index contributed by atoms with van der Waals surface area (Å²) in [5.74, 6) is -0.171. The Bertz CT molecular complexity index is 695. The van der Waals surface area contributed by atoms with Crippen molar-refractivity contribution in [2.24, 2.45) is 16.7 Å². The van der Waals surface area contributed by atoms with E-state index >= 15 is 0 Å². The number of ether oxygens (including phenoxy) is 3. The smallest absolute Gasteiger partial charge is 0.311 e. The monoisotopic (exact) mass is 548 g/mol. The first-order chi connectivity index (χ1) is 14.9. The van der Waals surface area contributed by atoms with Crippen LogP contribution >= 0.6 is 0 Å². The standard InChI is InChI=1S/C13H18O3.C7H14O2.C5H8O2.6CH4/c1-3-11(2)13(14)16-10-9-15-12-7-5-4-6-8-12;1-5-7(2,3)6(8)9-4;1-5(2-3-5)4(6)7;;;;;;/h4-8,11H,3,9-10H2,1-2H3;5H2,1-4H3;2-3H2,1H3,(H,6,7);6*1H4. The van der Waals surface area contributed by atoms with E-state index in [1.165, 1.54) is 7.11 Å². The number of carbonyl (C=O) groups excluding carboxylic acids is 2. The van der Waals surface area contributed by atoms with Crippen LogP contribution in [-0.4, -0.2) is 43.3 Å². The zero-order chi connectivity index (χ0) is 24.8. The van der Waals surface area contributed by atoms with Gasteiger partial charge in [0, 0.05) is 0 Å². The van der Waals surface area contributed by atoms with Gasteiger partial charge in [0.25, 0.3) is 0 Å². The molecule has 230 valence electrons. The number of benzene rings is 1. The number of methoxy groups -OCH3 is 1. The molecule has 2 rings (SSSR count). The minimum absolute atomic E-state index is 0. The van der Waals surface area contributed by atoms with Gasteiger partial charge >= 0.3 is 17.9 Å². The van der Waals surface area contributed by atoms with Crippen LogP contribution in [0.15, 0.2) is 30.3 Å². The number of rotatable bonds is 9. The molecule has 1 aliphatic rings. The van der Waals surface area contributed by atoms with Crippen LogP contribution in [0.2, 0.25) is 0 Å². The highest BCUT2D eigenvalue weighted by Gasteiger charge is 2.44. The van der Waals surface area contributed by atoms with Gasteiger partial charge < -0.3 is 19.3 Å². The normalized spacial score (nSPS) is 12.1. The molecule has 0 spiro atoms. The Hall–Kier alpha value is -2.57. The second-order valence-electron chi connectivity index (χ2n) is 8.73. The predicted octanol–water partition coefficient (Wildman–Crippen LogP) is 8.94. The summed E-state index contributed by atoms with van der Waals surface area (Å²) < 4.78 is 15.0. The number of carbonyl (C=O) groups is 3. The molecule has 1 aromatic rings. The molecule has 0 amide bonds. The molecule has 1 N–H and O–H groups in total. The third-order valence-corrected chi connectivity index (χ3v) is 5.49. The van der Waals surface area contributed by atoms with Crippen molar-refractivity contribution in [3.8, 4) is 5.75 Å². The molecule has 0 aliphatic heterocycles. The maximum absolute atomic E-state index is 11.3. The SMILES string of the molecule is C.C.C.C.C.C.CC1(C(=O)O)CC1.CCC(C)(C)C(=O)OC.CCC(C)C(=O)OCCOc1ccccc1. The van der Waals surface area contributed by atoms with E-state index in [9.17, 15) is 14.4 Å². The molecular weight excluding hydrogens is 484 g/mol. The maximum atomic E-state index is 11.3. The molecule has 1 aromatic carbocycles. The Balaban J connectivity index is -0.0000000762. The summed E-state index contributed by atoms with van der Waals surface area (Å²) in [5, 5.41) is 8.31. The minimum atomic E-state index is -0.646. The molecule has 1 fully saturated rings. The highest BCUT2D eigenvalue weighted by molar-refractivity contribution is 5.77. The van der Waals surface area contributed by atoms with E-state index in [2.05, 4.69) is 4.74 Å². The van der Waals surface area contributed by atoms with Crippen LogP contribution in [0.25, 0.3) is 0 Å². The Morgan fingerprint density at radius 3 is 1.71 bits per heavy atom. The number of aliphatic carboxylic acids is 1. The summed E-state index contributed by atoms with van der Waals surface area (Å²) in [6.07, 6.45) is 3.35. The van der Waals surface area contributed by atoms with Gasteiger partial charge in [0.1, 0.15) is 19.0 Å². The van der Waals surface area contributed by atoms with Gasteiger partial charge in [-0.3, -0.25) is 14.4 Å². The van der Waals surface area contributed by atoms with Crippen LogP contribution in [0.1, 0.15) is 112 Å². The molecule has 0 radical (unpaired) electrons. The molecule has 7 nitrogen and oxygen atoms in total. The van der Waals surface area contributed by atoms with E-state index < -0.39 is 5.97 Å². The van der Waals surface area contributed by atoms with Crippen molar-refractivity contribution < 1.29 is 33.7 Å². The van der Waals surface area contributed by atoms with Gasteiger partial charge in [-0.15, -0.1) is 0 Å². The quantitative estimate of drug-likeness (QED) is 0.243. The zero-order valence-electron chi connectivity index (χ0n) is 20.6. The van der Waals surface area contributed by atoms with Crippen LogP contribution in [0.4, 0.5) is 0 Å². The zero-order valence-corrected chi connectivity index (χ0v) is 20.6. The van der Waals surface area contributed by atoms with Crippen molar-refractivity contribution in [2.75, 3.05) is 20.3 Å². The molecule has 38 heavy (non-hydrogen) atoms. The van der Waals surface area contributed by atoms with E-state index in [1.54, 1.807) is 6.92 Å². The van der Waals surface area contributed by atoms with E-state index in [-0.39, 0.29) is 73.2 Å². The van der Waals surface area contributed by atoms with Crippen LogP contribution in [-0.2, 0) is 23.9 Å². The molecule has 0 saturated heterocycles. The Morgan fingerprint density at radius 1 is 0.947 bits per heavy atom.